The Kier molecular flexibility index (Phi) is 3.33. The quantitative estimate of drug-likeness (QED) is 0.890. The summed E-state index contributed by atoms with van der Waals surface area (Å²) in [6, 6.07) is 12.6. The van der Waals surface area contributed by atoms with Gasteiger partial charge in [0, 0.05) is 0 Å². The number of benzene rings is 2. The first-order valence-electron chi connectivity index (χ1n) is 5.65. The van der Waals surface area contributed by atoms with Crippen molar-refractivity contribution in [3.63, 3.8) is 0 Å². The van der Waals surface area contributed by atoms with Crippen LogP contribution in [0.25, 0.3) is 0 Å². The summed E-state index contributed by atoms with van der Waals surface area (Å²) < 4.78 is 5.73. The van der Waals surface area contributed by atoms with Crippen LogP contribution in [0.15, 0.2) is 42.5 Å². The zero-order chi connectivity index (χ0) is 13.1. The first-order chi connectivity index (χ1) is 8.56. The average molecular weight is 242 g/mol. The smallest absolute Gasteiger partial charge is 0.335 e. The molecule has 1 N–H and O–H groups in total. The van der Waals surface area contributed by atoms with E-state index in [0.29, 0.717) is 5.75 Å². The maximum absolute atomic E-state index is 10.8. The van der Waals surface area contributed by atoms with Crippen molar-refractivity contribution >= 4 is 5.97 Å². The number of aromatic carboxylic acids is 1. The topological polar surface area (TPSA) is 46.5 Å². The monoisotopic (exact) mass is 242 g/mol. The number of hydrogen-bond donors (Lipinski definition) is 1. The van der Waals surface area contributed by atoms with Gasteiger partial charge in [-0.3, -0.25) is 0 Å². The van der Waals surface area contributed by atoms with Crippen molar-refractivity contribution in [1.82, 2.24) is 0 Å². The van der Waals surface area contributed by atoms with Crippen LogP contribution in [-0.4, -0.2) is 11.1 Å². The maximum atomic E-state index is 10.8. The Morgan fingerprint density at radius 1 is 1.11 bits per heavy atom. The predicted molar refractivity (Wildman–Crippen MR) is 69.4 cm³/mol. The Morgan fingerprint density at radius 3 is 2.50 bits per heavy atom. The zero-order valence-corrected chi connectivity index (χ0v) is 10.3. The van der Waals surface area contributed by atoms with Crippen LogP contribution < -0.4 is 4.74 Å². The molecule has 0 saturated carbocycles. The van der Waals surface area contributed by atoms with E-state index in [1.807, 2.05) is 38.1 Å². The lowest BCUT2D eigenvalue weighted by atomic mass is 10.1. The predicted octanol–water partition coefficient (Wildman–Crippen LogP) is 3.79. The van der Waals surface area contributed by atoms with Gasteiger partial charge in [-0.15, -0.1) is 0 Å². The standard InChI is InChI=1S/C15H14O3/c1-10-4-3-5-13(8-10)18-14-7-6-12(15(16)17)9-11(14)2/h3-9H,1-2H3,(H,16,17). The van der Waals surface area contributed by atoms with E-state index in [1.54, 1.807) is 18.2 Å². The van der Waals surface area contributed by atoms with Crippen molar-refractivity contribution in [2.75, 3.05) is 0 Å². The lowest BCUT2D eigenvalue weighted by Crippen LogP contribution is -1.97. The fourth-order valence-corrected chi connectivity index (χ4v) is 1.70. The minimum absolute atomic E-state index is 0.268. The van der Waals surface area contributed by atoms with Crippen LogP contribution in [0.2, 0.25) is 0 Å². The Morgan fingerprint density at radius 2 is 1.89 bits per heavy atom. The van der Waals surface area contributed by atoms with Gasteiger partial charge in [-0.25, -0.2) is 4.79 Å². The number of rotatable bonds is 3. The highest BCUT2D eigenvalue weighted by atomic mass is 16.5. The van der Waals surface area contributed by atoms with Crippen molar-refractivity contribution in [2.24, 2.45) is 0 Å². The fourth-order valence-electron chi connectivity index (χ4n) is 1.70. The molecular weight excluding hydrogens is 228 g/mol. The summed E-state index contributed by atoms with van der Waals surface area (Å²) in [7, 11) is 0. The fraction of sp³-hybridized carbons (Fsp3) is 0.133. The van der Waals surface area contributed by atoms with Crippen molar-refractivity contribution in [1.29, 1.82) is 0 Å². The second kappa shape index (κ2) is 4.92. The molecule has 3 nitrogen and oxygen atoms in total. The molecule has 0 radical (unpaired) electrons. The van der Waals surface area contributed by atoms with Gasteiger partial charge in [-0.1, -0.05) is 12.1 Å². The second-order valence-electron chi connectivity index (χ2n) is 4.20. The molecule has 0 fully saturated rings. The van der Waals surface area contributed by atoms with Crippen molar-refractivity contribution in [3.8, 4) is 11.5 Å². The minimum atomic E-state index is -0.930. The highest BCUT2D eigenvalue weighted by molar-refractivity contribution is 5.88. The molecule has 0 unspecified atom stereocenters. The number of aryl methyl sites for hydroxylation is 2. The maximum Gasteiger partial charge on any atom is 0.335 e. The van der Waals surface area contributed by atoms with Crippen LogP contribution in [0.3, 0.4) is 0 Å². The van der Waals surface area contributed by atoms with Gasteiger partial charge in [0.2, 0.25) is 0 Å². The summed E-state index contributed by atoms with van der Waals surface area (Å²) in [6.45, 7) is 3.82. The number of carbonyl (C=O) groups is 1. The summed E-state index contributed by atoms with van der Waals surface area (Å²) in [6.07, 6.45) is 0. The molecule has 0 aliphatic rings. The molecule has 0 aliphatic carbocycles. The second-order valence-corrected chi connectivity index (χ2v) is 4.20. The van der Waals surface area contributed by atoms with Crippen molar-refractivity contribution < 1.29 is 14.6 Å². The average Bonchev–Trinajstić information content (AvgIpc) is 2.31. The molecule has 2 aromatic rings. The number of hydrogen-bond acceptors (Lipinski definition) is 2. The van der Waals surface area contributed by atoms with Gasteiger partial charge >= 0.3 is 5.97 Å². The molecule has 0 aromatic heterocycles. The van der Waals surface area contributed by atoms with Crippen LogP contribution in [-0.2, 0) is 0 Å². The molecule has 2 rings (SSSR count). The Bertz CT molecular complexity index is 588. The third kappa shape index (κ3) is 2.69. The molecule has 0 atom stereocenters. The molecular formula is C15H14O3. The third-order valence-corrected chi connectivity index (χ3v) is 2.64. The van der Waals surface area contributed by atoms with E-state index in [-0.39, 0.29) is 5.56 Å². The van der Waals surface area contributed by atoms with Gasteiger partial charge in [-0.05, 0) is 55.3 Å². The van der Waals surface area contributed by atoms with Crippen LogP contribution in [0.5, 0.6) is 11.5 Å². The van der Waals surface area contributed by atoms with Gasteiger partial charge in [-0.2, -0.15) is 0 Å². The summed E-state index contributed by atoms with van der Waals surface area (Å²) in [5, 5.41) is 8.89. The minimum Gasteiger partial charge on any atom is -0.478 e. The summed E-state index contributed by atoms with van der Waals surface area (Å²) in [5.74, 6) is 0.493. The van der Waals surface area contributed by atoms with Gasteiger partial charge in [0.05, 0.1) is 5.56 Å². The van der Waals surface area contributed by atoms with Crippen LogP contribution in [0.4, 0.5) is 0 Å². The summed E-state index contributed by atoms with van der Waals surface area (Å²) in [5.41, 5.74) is 2.19. The van der Waals surface area contributed by atoms with Crippen molar-refractivity contribution in [2.45, 2.75) is 13.8 Å². The summed E-state index contributed by atoms with van der Waals surface area (Å²) in [4.78, 5) is 10.8. The van der Waals surface area contributed by atoms with E-state index >= 15 is 0 Å². The van der Waals surface area contributed by atoms with E-state index in [9.17, 15) is 4.79 Å². The van der Waals surface area contributed by atoms with E-state index in [4.69, 9.17) is 9.84 Å². The van der Waals surface area contributed by atoms with Gasteiger partial charge in [0.1, 0.15) is 11.5 Å². The number of carboxylic acid groups (broad SMARTS) is 1. The molecule has 0 spiro atoms. The Labute approximate surface area is 106 Å². The van der Waals surface area contributed by atoms with E-state index < -0.39 is 5.97 Å². The molecule has 0 amide bonds. The largest absolute Gasteiger partial charge is 0.478 e. The zero-order valence-electron chi connectivity index (χ0n) is 10.3. The molecule has 92 valence electrons. The molecule has 0 bridgehead atoms. The third-order valence-electron chi connectivity index (χ3n) is 2.64. The van der Waals surface area contributed by atoms with E-state index in [1.165, 1.54) is 0 Å². The lowest BCUT2D eigenvalue weighted by Gasteiger charge is -2.09. The Balaban J connectivity index is 2.27. The highest BCUT2D eigenvalue weighted by Gasteiger charge is 2.07. The Hall–Kier alpha value is -2.29. The number of carboxylic acids is 1. The number of ether oxygens (including phenoxy) is 1. The molecule has 0 heterocycles. The van der Waals surface area contributed by atoms with Crippen molar-refractivity contribution in [3.05, 3.63) is 59.2 Å². The van der Waals surface area contributed by atoms with Crippen LogP contribution in [0, 0.1) is 13.8 Å². The van der Waals surface area contributed by atoms with Gasteiger partial charge < -0.3 is 9.84 Å². The normalized spacial score (nSPS) is 10.1. The van der Waals surface area contributed by atoms with E-state index in [0.717, 1.165) is 16.9 Å². The first kappa shape index (κ1) is 12.2. The van der Waals surface area contributed by atoms with Gasteiger partial charge in [0.15, 0.2) is 0 Å². The lowest BCUT2D eigenvalue weighted by molar-refractivity contribution is 0.0697. The highest BCUT2D eigenvalue weighted by Crippen LogP contribution is 2.26. The van der Waals surface area contributed by atoms with Crippen LogP contribution >= 0.6 is 0 Å². The summed E-state index contributed by atoms with van der Waals surface area (Å²) >= 11 is 0. The molecule has 3 heteroatoms. The molecule has 0 saturated heterocycles. The molecule has 18 heavy (non-hydrogen) atoms. The molecule has 0 aliphatic heterocycles. The van der Waals surface area contributed by atoms with E-state index in [2.05, 4.69) is 0 Å². The molecule has 2 aromatic carbocycles. The van der Waals surface area contributed by atoms with Gasteiger partial charge in [0.25, 0.3) is 0 Å². The van der Waals surface area contributed by atoms with Crippen LogP contribution in [0.1, 0.15) is 21.5 Å². The SMILES string of the molecule is Cc1cccc(Oc2ccc(C(=O)O)cc2C)c1. The first-order valence-corrected chi connectivity index (χ1v) is 5.65.